The average Bonchev–Trinajstić information content (AvgIpc) is 2.62. The Hall–Kier alpha value is -1.77. The number of hydrogen-bond acceptors (Lipinski definition) is 5. The van der Waals surface area contributed by atoms with Crippen molar-refractivity contribution in [2.75, 3.05) is 31.1 Å². The molecule has 0 radical (unpaired) electrons. The van der Waals surface area contributed by atoms with Crippen LogP contribution in [0, 0.1) is 6.92 Å². The molecule has 0 fully saturated rings. The van der Waals surface area contributed by atoms with Gasteiger partial charge in [0.2, 0.25) is 10.0 Å². The minimum absolute atomic E-state index is 0.0170. The lowest BCUT2D eigenvalue weighted by atomic mass is 10.5. The van der Waals surface area contributed by atoms with Gasteiger partial charge < -0.3 is 14.7 Å². The molecule has 0 aliphatic rings. The van der Waals surface area contributed by atoms with Gasteiger partial charge in [-0.1, -0.05) is 5.16 Å². The summed E-state index contributed by atoms with van der Waals surface area (Å²) in [7, 11) is -0.409. The van der Waals surface area contributed by atoms with Gasteiger partial charge in [0.1, 0.15) is 5.76 Å². The largest absolute Gasteiger partial charge is 0.360 e. The maximum absolute atomic E-state index is 11.6. The number of carbonyl (C=O) groups is 1. The fourth-order valence-electron chi connectivity index (χ4n) is 1.08. The molecule has 0 saturated carbocycles. The number of nitrogens with zero attached hydrogens (tertiary/aromatic N) is 2. The molecule has 8 nitrogen and oxygen atoms in total. The van der Waals surface area contributed by atoms with Crippen LogP contribution < -0.4 is 10.0 Å². The van der Waals surface area contributed by atoms with Gasteiger partial charge in [0.25, 0.3) is 0 Å². The van der Waals surface area contributed by atoms with Gasteiger partial charge in [0.05, 0.1) is 5.75 Å². The summed E-state index contributed by atoms with van der Waals surface area (Å²) in [6, 6.07) is 1.12. The van der Waals surface area contributed by atoms with Crippen LogP contribution in [0.4, 0.5) is 10.6 Å². The molecule has 0 unspecified atom stereocenters. The van der Waals surface area contributed by atoms with Crippen molar-refractivity contribution >= 4 is 21.9 Å². The SMILES string of the molecule is Cc1cc(NS(=O)(=O)CCNC(=O)N(C)C)no1. The molecular weight excluding hydrogens is 260 g/mol. The van der Waals surface area contributed by atoms with E-state index in [2.05, 4.69) is 15.2 Å². The first-order valence-corrected chi connectivity index (χ1v) is 6.84. The van der Waals surface area contributed by atoms with Crippen molar-refractivity contribution in [3.05, 3.63) is 11.8 Å². The Morgan fingerprint density at radius 2 is 2.17 bits per heavy atom. The second kappa shape index (κ2) is 5.71. The third kappa shape index (κ3) is 4.62. The highest BCUT2D eigenvalue weighted by Crippen LogP contribution is 2.08. The van der Waals surface area contributed by atoms with Crippen molar-refractivity contribution in [2.24, 2.45) is 0 Å². The standard InChI is InChI=1S/C9H16N4O4S/c1-7-6-8(11-17-7)12-18(15,16)5-4-10-9(14)13(2)3/h6H,4-5H2,1-3H3,(H,10,14)(H,11,12). The number of aromatic nitrogens is 1. The molecule has 0 aliphatic carbocycles. The summed E-state index contributed by atoms with van der Waals surface area (Å²) in [4.78, 5) is 12.5. The second-order valence-corrected chi connectivity index (χ2v) is 5.71. The van der Waals surface area contributed by atoms with Gasteiger partial charge >= 0.3 is 6.03 Å². The molecule has 0 atom stereocenters. The molecule has 102 valence electrons. The van der Waals surface area contributed by atoms with Gasteiger partial charge in [-0.3, -0.25) is 4.72 Å². The Bertz CT molecular complexity index is 508. The fraction of sp³-hybridized carbons (Fsp3) is 0.556. The minimum Gasteiger partial charge on any atom is -0.360 e. The monoisotopic (exact) mass is 276 g/mol. The normalized spacial score (nSPS) is 11.1. The number of rotatable bonds is 5. The fourth-order valence-corrected chi connectivity index (χ4v) is 1.96. The predicted molar refractivity (Wildman–Crippen MR) is 65.7 cm³/mol. The lowest BCUT2D eigenvalue weighted by Gasteiger charge is -2.11. The van der Waals surface area contributed by atoms with Crippen LogP contribution in [0.2, 0.25) is 0 Å². The Morgan fingerprint density at radius 3 is 2.67 bits per heavy atom. The molecule has 18 heavy (non-hydrogen) atoms. The Kier molecular flexibility index (Phi) is 4.54. The molecule has 2 amide bonds. The van der Waals surface area contributed by atoms with E-state index >= 15 is 0 Å². The van der Waals surface area contributed by atoms with Crippen LogP contribution in [0.3, 0.4) is 0 Å². The molecule has 9 heteroatoms. The van der Waals surface area contributed by atoms with Crippen molar-refractivity contribution in [3.8, 4) is 0 Å². The molecular formula is C9H16N4O4S. The van der Waals surface area contributed by atoms with E-state index in [9.17, 15) is 13.2 Å². The number of urea groups is 1. The smallest absolute Gasteiger partial charge is 0.316 e. The topological polar surface area (TPSA) is 105 Å². The zero-order valence-electron chi connectivity index (χ0n) is 10.4. The van der Waals surface area contributed by atoms with Gasteiger partial charge in [-0.2, -0.15) is 0 Å². The summed E-state index contributed by atoms with van der Waals surface area (Å²) in [5, 5.41) is 5.96. The number of nitrogens with one attached hydrogen (secondary N) is 2. The number of amides is 2. The molecule has 1 heterocycles. The van der Waals surface area contributed by atoms with Crippen LogP contribution >= 0.6 is 0 Å². The predicted octanol–water partition coefficient (Wildman–Crippen LogP) is -0.00408. The molecule has 0 saturated heterocycles. The van der Waals surface area contributed by atoms with E-state index in [1.54, 1.807) is 21.0 Å². The highest BCUT2D eigenvalue weighted by atomic mass is 32.2. The van der Waals surface area contributed by atoms with E-state index < -0.39 is 10.0 Å². The van der Waals surface area contributed by atoms with Gasteiger partial charge in [0, 0.05) is 26.7 Å². The molecule has 1 aromatic rings. The van der Waals surface area contributed by atoms with E-state index in [4.69, 9.17) is 4.52 Å². The van der Waals surface area contributed by atoms with Crippen molar-refractivity contribution < 1.29 is 17.7 Å². The molecule has 0 bridgehead atoms. The zero-order chi connectivity index (χ0) is 13.8. The maximum atomic E-state index is 11.6. The summed E-state index contributed by atoms with van der Waals surface area (Å²) >= 11 is 0. The molecule has 1 rings (SSSR count). The third-order valence-corrected chi connectivity index (χ3v) is 3.20. The summed E-state index contributed by atoms with van der Waals surface area (Å²) in [5.41, 5.74) is 0. The summed E-state index contributed by atoms with van der Waals surface area (Å²) in [6.07, 6.45) is 0. The van der Waals surface area contributed by atoms with Crippen molar-refractivity contribution in [2.45, 2.75) is 6.92 Å². The average molecular weight is 276 g/mol. The van der Waals surface area contributed by atoms with Gasteiger partial charge in [-0.25, -0.2) is 13.2 Å². The van der Waals surface area contributed by atoms with Crippen LogP contribution in [0.25, 0.3) is 0 Å². The van der Waals surface area contributed by atoms with Crippen molar-refractivity contribution in [1.29, 1.82) is 0 Å². The first-order chi connectivity index (χ1) is 8.30. The van der Waals surface area contributed by atoms with Gasteiger partial charge in [-0.05, 0) is 6.92 Å². The minimum atomic E-state index is -3.55. The molecule has 0 spiro atoms. The van der Waals surface area contributed by atoms with E-state index in [1.165, 1.54) is 11.0 Å². The molecule has 1 aromatic heterocycles. The molecule has 0 aromatic carbocycles. The summed E-state index contributed by atoms with van der Waals surface area (Å²) in [6.45, 7) is 1.67. The van der Waals surface area contributed by atoms with Gasteiger partial charge in [0.15, 0.2) is 5.82 Å². The first kappa shape index (κ1) is 14.3. The Balaban J connectivity index is 2.43. The Morgan fingerprint density at radius 1 is 1.50 bits per heavy atom. The van der Waals surface area contributed by atoms with Crippen LogP contribution in [0.5, 0.6) is 0 Å². The quantitative estimate of drug-likeness (QED) is 0.787. The van der Waals surface area contributed by atoms with E-state index in [-0.39, 0.29) is 24.1 Å². The highest BCUT2D eigenvalue weighted by molar-refractivity contribution is 7.92. The highest BCUT2D eigenvalue weighted by Gasteiger charge is 2.13. The second-order valence-electron chi connectivity index (χ2n) is 3.87. The van der Waals surface area contributed by atoms with Crippen molar-refractivity contribution in [1.82, 2.24) is 15.4 Å². The zero-order valence-corrected chi connectivity index (χ0v) is 11.2. The van der Waals surface area contributed by atoms with Crippen LogP contribution in [-0.4, -0.2) is 50.9 Å². The maximum Gasteiger partial charge on any atom is 0.316 e. The molecule has 0 aliphatic heterocycles. The van der Waals surface area contributed by atoms with E-state index in [0.717, 1.165) is 0 Å². The van der Waals surface area contributed by atoms with Gasteiger partial charge in [-0.15, -0.1) is 0 Å². The summed E-state index contributed by atoms with van der Waals surface area (Å²) in [5.74, 6) is 0.401. The number of aryl methyl sites for hydroxylation is 1. The van der Waals surface area contributed by atoms with E-state index in [1.807, 2.05) is 0 Å². The number of anilines is 1. The number of carbonyl (C=O) groups excluding carboxylic acids is 1. The lowest BCUT2D eigenvalue weighted by Crippen LogP contribution is -2.37. The number of hydrogen-bond donors (Lipinski definition) is 2. The first-order valence-electron chi connectivity index (χ1n) is 5.19. The van der Waals surface area contributed by atoms with Crippen LogP contribution in [0.1, 0.15) is 5.76 Å². The van der Waals surface area contributed by atoms with Crippen LogP contribution in [-0.2, 0) is 10.0 Å². The van der Waals surface area contributed by atoms with E-state index in [0.29, 0.717) is 5.76 Å². The van der Waals surface area contributed by atoms with Crippen LogP contribution in [0.15, 0.2) is 10.6 Å². The Labute approximate surface area is 105 Å². The number of sulfonamides is 1. The molecule has 2 N–H and O–H groups in total. The summed E-state index contributed by atoms with van der Waals surface area (Å²) < 4.78 is 30.2. The lowest BCUT2D eigenvalue weighted by molar-refractivity contribution is 0.218. The van der Waals surface area contributed by atoms with Crippen molar-refractivity contribution in [3.63, 3.8) is 0 Å². The third-order valence-electron chi connectivity index (χ3n) is 1.94.